The summed E-state index contributed by atoms with van der Waals surface area (Å²) in [5.41, 5.74) is 3.67. The molecule has 0 aliphatic rings. The molecule has 24 heavy (non-hydrogen) atoms. The van der Waals surface area contributed by atoms with E-state index < -0.39 is 0 Å². The van der Waals surface area contributed by atoms with E-state index in [1.807, 2.05) is 51.1 Å². The lowest BCUT2D eigenvalue weighted by Gasteiger charge is -2.11. The number of carbonyl (C=O) groups excluding carboxylic acids is 1. The number of aromatic amines is 1. The number of aromatic nitrogens is 4. The summed E-state index contributed by atoms with van der Waals surface area (Å²) in [6, 6.07) is 9.52. The quantitative estimate of drug-likeness (QED) is 0.551. The number of hydrogen-bond acceptors (Lipinski definition) is 5. The normalized spacial score (nSPS) is 12.3. The number of thioether (sulfide) groups is 1. The molecule has 1 unspecified atom stereocenters. The Morgan fingerprint density at radius 3 is 2.62 bits per heavy atom. The number of nitrogens with one attached hydrogen (secondary N) is 2. The number of fused-ring (bicyclic) bond motifs is 1. The van der Waals surface area contributed by atoms with Gasteiger partial charge in [0.1, 0.15) is 5.82 Å². The van der Waals surface area contributed by atoms with Gasteiger partial charge in [0.15, 0.2) is 5.16 Å². The summed E-state index contributed by atoms with van der Waals surface area (Å²) >= 11 is 1.33. The molecule has 1 aromatic carbocycles. The van der Waals surface area contributed by atoms with E-state index in [1.165, 1.54) is 11.8 Å². The Kier molecular flexibility index (Phi) is 4.80. The molecule has 0 aliphatic carbocycles. The van der Waals surface area contributed by atoms with E-state index >= 15 is 0 Å². The van der Waals surface area contributed by atoms with Crippen molar-refractivity contribution in [2.45, 2.75) is 32.0 Å². The molecule has 1 amide bonds. The minimum Gasteiger partial charge on any atom is -0.346 e. The van der Waals surface area contributed by atoms with Gasteiger partial charge in [-0.15, -0.1) is 0 Å². The number of benzene rings is 1. The van der Waals surface area contributed by atoms with Crippen molar-refractivity contribution in [1.29, 1.82) is 0 Å². The molecule has 2 aromatic heterocycles. The number of aryl methyl sites for hydroxylation is 2. The molecular weight excluding hydrogens is 322 g/mol. The maximum atomic E-state index is 12.2. The van der Waals surface area contributed by atoms with Crippen LogP contribution in [-0.4, -0.2) is 31.6 Å². The van der Waals surface area contributed by atoms with E-state index in [0.717, 1.165) is 28.2 Å². The third kappa shape index (κ3) is 3.91. The van der Waals surface area contributed by atoms with Gasteiger partial charge in [-0.1, -0.05) is 23.9 Å². The van der Waals surface area contributed by atoms with Crippen LogP contribution in [0.5, 0.6) is 0 Å². The second kappa shape index (κ2) is 7.00. The Hall–Kier alpha value is -2.41. The highest BCUT2D eigenvalue weighted by Crippen LogP contribution is 2.17. The summed E-state index contributed by atoms with van der Waals surface area (Å²) in [5, 5.41) is 3.57. The average molecular weight is 341 g/mol. The van der Waals surface area contributed by atoms with Gasteiger partial charge in [0.25, 0.3) is 0 Å². The number of amides is 1. The Morgan fingerprint density at radius 2 is 1.92 bits per heavy atom. The average Bonchev–Trinajstić information content (AvgIpc) is 2.96. The van der Waals surface area contributed by atoms with Gasteiger partial charge in [-0.25, -0.2) is 15.0 Å². The molecule has 7 heteroatoms. The molecule has 0 saturated heterocycles. The van der Waals surface area contributed by atoms with E-state index in [2.05, 4.69) is 25.3 Å². The third-order valence-electron chi connectivity index (χ3n) is 3.49. The summed E-state index contributed by atoms with van der Waals surface area (Å²) in [6.07, 6.45) is 0. The minimum atomic E-state index is -0.189. The first kappa shape index (κ1) is 16.4. The van der Waals surface area contributed by atoms with Crippen molar-refractivity contribution in [1.82, 2.24) is 25.3 Å². The first-order valence-electron chi connectivity index (χ1n) is 7.70. The van der Waals surface area contributed by atoms with Crippen molar-refractivity contribution in [3.05, 3.63) is 47.5 Å². The maximum Gasteiger partial charge on any atom is 0.231 e. The van der Waals surface area contributed by atoms with Crippen LogP contribution in [0.2, 0.25) is 0 Å². The zero-order valence-electron chi connectivity index (χ0n) is 13.8. The van der Waals surface area contributed by atoms with Crippen LogP contribution in [0.4, 0.5) is 0 Å². The number of hydrogen-bond donors (Lipinski definition) is 2. The lowest BCUT2D eigenvalue weighted by molar-refractivity contribution is -0.119. The minimum absolute atomic E-state index is 0.0734. The fourth-order valence-electron chi connectivity index (χ4n) is 2.42. The number of carbonyl (C=O) groups is 1. The van der Waals surface area contributed by atoms with Crippen molar-refractivity contribution in [2.24, 2.45) is 0 Å². The standard InChI is InChI=1S/C17H19N5OS/c1-10-8-11(2)19-17(18-10)24-9-15(23)20-12(3)16-21-13-6-4-5-7-14(13)22-16/h4-8,12H,9H2,1-3H3,(H,20,23)(H,21,22). The Bertz CT molecular complexity index is 823. The largest absolute Gasteiger partial charge is 0.346 e. The van der Waals surface area contributed by atoms with E-state index in [-0.39, 0.29) is 17.7 Å². The van der Waals surface area contributed by atoms with Gasteiger partial charge in [0.05, 0.1) is 22.8 Å². The van der Waals surface area contributed by atoms with Gasteiger partial charge in [0, 0.05) is 11.4 Å². The van der Waals surface area contributed by atoms with Crippen LogP contribution in [0.3, 0.4) is 0 Å². The zero-order chi connectivity index (χ0) is 17.1. The lowest BCUT2D eigenvalue weighted by atomic mass is 10.3. The van der Waals surface area contributed by atoms with Crippen molar-refractivity contribution in [3.63, 3.8) is 0 Å². The maximum absolute atomic E-state index is 12.2. The number of imidazole rings is 1. The molecule has 0 spiro atoms. The molecule has 0 saturated carbocycles. The molecule has 3 aromatic rings. The van der Waals surface area contributed by atoms with Crippen LogP contribution in [0.1, 0.15) is 30.2 Å². The van der Waals surface area contributed by atoms with Gasteiger partial charge in [-0.05, 0) is 39.0 Å². The lowest BCUT2D eigenvalue weighted by Crippen LogP contribution is -2.28. The molecule has 6 nitrogen and oxygen atoms in total. The molecular formula is C17H19N5OS. The van der Waals surface area contributed by atoms with Crippen molar-refractivity contribution in [3.8, 4) is 0 Å². The van der Waals surface area contributed by atoms with Gasteiger partial charge >= 0.3 is 0 Å². The Balaban J connectivity index is 1.59. The van der Waals surface area contributed by atoms with Crippen LogP contribution >= 0.6 is 11.8 Å². The number of nitrogens with zero attached hydrogens (tertiary/aromatic N) is 3. The second-order valence-electron chi connectivity index (χ2n) is 5.65. The molecule has 124 valence electrons. The molecule has 0 radical (unpaired) electrons. The van der Waals surface area contributed by atoms with Gasteiger partial charge < -0.3 is 10.3 Å². The molecule has 3 rings (SSSR count). The van der Waals surface area contributed by atoms with Gasteiger partial charge in [0.2, 0.25) is 5.91 Å². The van der Waals surface area contributed by atoms with Crippen molar-refractivity contribution in [2.75, 3.05) is 5.75 Å². The van der Waals surface area contributed by atoms with Crippen LogP contribution in [-0.2, 0) is 4.79 Å². The highest BCUT2D eigenvalue weighted by Gasteiger charge is 2.14. The summed E-state index contributed by atoms with van der Waals surface area (Å²) in [5.74, 6) is 0.945. The highest BCUT2D eigenvalue weighted by atomic mass is 32.2. The number of H-pyrrole nitrogens is 1. The molecule has 1 atom stereocenters. The topological polar surface area (TPSA) is 83.6 Å². The van der Waals surface area contributed by atoms with Crippen LogP contribution in [0, 0.1) is 13.8 Å². The smallest absolute Gasteiger partial charge is 0.231 e. The Labute approximate surface area is 144 Å². The molecule has 0 aliphatic heterocycles. The first-order chi connectivity index (χ1) is 11.5. The zero-order valence-corrected chi connectivity index (χ0v) is 14.6. The van der Waals surface area contributed by atoms with Crippen LogP contribution in [0.25, 0.3) is 11.0 Å². The van der Waals surface area contributed by atoms with E-state index in [0.29, 0.717) is 5.16 Å². The van der Waals surface area contributed by atoms with E-state index in [4.69, 9.17) is 0 Å². The SMILES string of the molecule is Cc1cc(C)nc(SCC(=O)NC(C)c2nc3ccccc3[nH]2)n1. The predicted molar refractivity (Wildman–Crippen MR) is 94.9 cm³/mol. The predicted octanol–water partition coefficient (Wildman–Crippen LogP) is 2.94. The molecule has 0 fully saturated rings. The van der Waals surface area contributed by atoms with Gasteiger partial charge in [-0.3, -0.25) is 4.79 Å². The van der Waals surface area contributed by atoms with Crippen molar-refractivity contribution >= 4 is 28.7 Å². The summed E-state index contributed by atoms with van der Waals surface area (Å²) in [4.78, 5) is 28.5. The van der Waals surface area contributed by atoms with E-state index in [9.17, 15) is 4.79 Å². The first-order valence-corrected chi connectivity index (χ1v) is 8.69. The third-order valence-corrected chi connectivity index (χ3v) is 4.34. The summed E-state index contributed by atoms with van der Waals surface area (Å²) < 4.78 is 0. The summed E-state index contributed by atoms with van der Waals surface area (Å²) in [7, 11) is 0. The second-order valence-corrected chi connectivity index (χ2v) is 6.59. The fourth-order valence-corrected chi connectivity index (χ4v) is 3.18. The van der Waals surface area contributed by atoms with Crippen LogP contribution < -0.4 is 5.32 Å². The van der Waals surface area contributed by atoms with E-state index in [1.54, 1.807) is 0 Å². The fraction of sp³-hybridized carbons (Fsp3) is 0.294. The van der Waals surface area contributed by atoms with Gasteiger partial charge in [-0.2, -0.15) is 0 Å². The molecule has 0 bridgehead atoms. The van der Waals surface area contributed by atoms with Crippen LogP contribution in [0.15, 0.2) is 35.5 Å². The monoisotopic (exact) mass is 341 g/mol. The Morgan fingerprint density at radius 1 is 1.21 bits per heavy atom. The molecule has 2 heterocycles. The highest BCUT2D eigenvalue weighted by molar-refractivity contribution is 7.99. The summed E-state index contributed by atoms with van der Waals surface area (Å²) in [6.45, 7) is 5.75. The van der Waals surface area contributed by atoms with Crippen molar-refractivity contribution < 1.29 is 4.79 Å². The molecule has 2 N–H and O–H groups in total. The number of para-hydroxylation sites is 2. The number of rotatable bonds is 5.